The molecule has 0 aromatic rings. The Labute approximate surface area is 77.1 Å². The van der Waals surface area contributed by atoms with Gasteiger partial charge in [-0.3, -0.25) is 0 Å². The molecule has 0 aliphatic carbocycles. The summed E-state index contributed by atoms with van der Waals surface area (Å²) in [4.78, 5) is 2.64. The summed E-state index contributed by atoms with van der Waals surface area (Å²) in [6, 6.07) is 0.914. The van der Waals surface area contributed by atoms with Crippen LogP contribution < -0.4 is 0 Å². The van der Waals surface area contributed by atoms with Crippen LogP contribution in [0.25, 0.3) is 0 Å². The molecular weight excluding hydrogens is 146 g/mol. The van der Waals surface area contributed by atoms with Gasteiger partial charge in [0.1, 0.15) is 0 Å². The van der Waals surface area contributed by atoms with E-state index in [1.54, 1.807) is 0 Å². The molecule has 1 heterocycles. The molecule has 72 valence electrons. The Morgan fingerprint density at radius 3 is 2.75 bits per heavy atom. The minimum absolute atomic E-state index is 0.879. The molecule has 1 aliphatic heterocycles. The Morgan fingerprint density at radius 1 is 1.42 bits per heavy atom. The lowest BCUT2D eigenvalue weighted by Gasteiger charge is -2.23. The molecule has 0 bridgehead atoms. The molecule has 1 unspecified atom stereocenters. The van der Waals surface area contributed by atoms with E-state index in [9.17, 15) is 0 Å². The maximum atomic E-state index is 2.64. The van der Waals surface area contributed by atoms with Crippen molar-refractivity contribution in [1.29, 1.82) is 0 Å². The first-order chi connectivity index (χ1) is 5.74. The van der Waals surface area contributed by atoms with E-state index in [1.165, 1.54) is 38.8 Å². The Bertz CT molecular complexity index is 120. The van der Waals surface area contributed by atoms with Gasteiger partial charge in [0.2, 0.25) is 0 Å². The van der Waals surface area contributed by atoms with Crippen LogP contribution in [0, 0.1) is 5.92 Å². The van der Waals surface area contributed by atoms with Crippen LogP contribution >= 0.6 is 0 Å². The minimum atomic E-state index is 0.879. The first-order valence-electron chi connectivity index (χ1n) is 5.48. The van der Waals surface area contributed by atoms with Gasteiger partial charge in [-0.25, -0.2) is 0 Å². The predicted octanol–water partition coefficient (Wildman–Crippen LogP) is 2.91. The minimum Gasteiger partial charge on any atom is -0.301 e. The smallest absolute Gasteiger partial charge is 0.00957 e. The van der Waals surface area contributed by atoms with Gasteiger partial charge in [0.05, 0.1) is 0 Å². The first-order valence-corrected chi connectivity index (χ1v) is 5.48. The first kappa shape index (κ1) is 10.0. The maximum Gasteiger partial charge on any atom is 0.00957 e. The van der Waals surface area contributed by atoms with Crippen LogP contribution in [0.3, 0.4) is 0 Å². The van der Waals surface area contributed by atoms with Crippen LogP contribution in [0.5, 0.6) is 0 Å². The van der Waals surface area contributed by atoms with Gasteiger partial charge >= 0.3 is 0 Å². The molecule has 0 aromatic heterocycles. The third-order valence-corrected chi connectivity index (χ3v) is 2.98. The number of nitrogens with zero attached hydrogens (tertiary/aromatic N) is 1. The fourth-order valence-corrected chi connectivity index (χ4v) is 2.16. The quantitative estimate of drug-likeness (QED) is 0.625. The van der Waals surface area contributed by atoms with Gasteiger partial charge in [0.25, 0.3) is 0 Å². The largest absolute Gasteiger partial charge is 0.301 e. The average molecular weight is 169 g/mol. The van der Waals surface area contributed by atoms with E-state index in [0.717, 1.165) is 12.0 Å². The molecule has 1 heteroatoms. The zero-order valence-corrected chi connectivity index (χ0v) is 8.84. The van der Waals surface area contributed by atoms with Gasteiger partial charge in [-0.1, -0.05) is 20.8 Å². The molecule has 1 saturated heterocycles. The van der Waals surface area contributed by atoms with Crippen molar-refractivity contribution < 1.29 is 0 Å². The predicted molar refractivity (Wildman–Crippen MR) is 54.3 cm³/mol. The molecule has 1 fully saturated rings. The third-order valence-electron chi connectivity index (χ3n) is 2.98. The Balaban J connectivity index is 2.21. The number of rotatable bonds is 4. The molecule has 0 aromatic carbocycles. The summed E-state index contributed by atoms with van der Waals surface area (Å²) in [7, 11) is 0. The average Bonchev–Trinajstić information content (AvgIpc) is 2.47. The second-order valence-electron chi connectivity index (χ2n) is 4.40. The summed E-state index contributed by atoms with van der Waals surface area (Å²) in [6.07, 6.45) is 5.70. The molecular formula is C11H23N. The highest BCUT2D eigenvalue weighted by Gasteiger charge is 2.22. The SMILES string of the molecule is CCN1CCCC1CCC(C)C. The Hall–Kier alpha value is -0.0400. The van der Waals surface area contributed by atoms with Gasteiger partial charge in [0.15, 0.2) is 0 Å². The fourth-order valence-electron chi connectivity index (χ4n) is 2.16. The number of hydrogen-bond acceptors (Lipinski definition) is 1. The van der Waals surface area contributed by atoms with Crippen molar-refractivity contribution in [2.75, 3.05) is 13.1 Å². The van der Waals surface area contributed by atoms with Gasteiger partial charge in [-0.15, -0.1) is 0 Å². The van der Waals surface area contributed by atoms with Crippen molar-refractivity contribution in [3.8, 4) is 0 Å². The molecule has 12 heavy (non-hydrogen) atoms. The van der Waals surface area contributed by atoms with Crippen molar-refractivity contribution in [2.45, 2.75) is 52.5 Å². The molecule has 0 amide bonds. The van der Waals surface area contributed by atoms with Crippen molar-refractivity contribution in [3.63, 3.8) is 0 Å². The third kappa shape index (κ3) is 2.78. The summed E-state index contributed by atoms with van der Waals surface area (Å²) in [5.41, 5.74) is 0. The maximum absolute atomic E-state index is 2.64. The lowest BCUT2D eigenvalue weighted by molar-refractivity contribution is 0.245. The summed E-state index contributed by atoms with van der Waals surface area (Å²) in [5, 5.41) is 0. The molecule has 1 rings (SSSR count). The zero-order chi connectivity index (χ0) is 8.97. The topological polar surface area (TPSA) is 3.24 Å². The second kappa shape index (κ2) is 4.86. The van der Waals surface area contributed by atoms with Crippen molar-refractivity contribution in [3.05, 3.63) is 0 Å². The monoisotopic (exact) mass is 169 g/mol. The molecule has 0 spiro atoms. The van der Waals surface area contributed by atoms with E-state index in [4.69, 9.17) is 0 Å². The highest BCUT2D eigenvalue weighted by Crippen LogP contribution is 2.22. The summed E-state index contributed by atoms with van der Waals surface area (Å²) >= 11 is 0. The molecule has 0 radical (unpaired) electrons. The van der Waals surface area contributed by atoms with E-state index >= 15 is 0 Å². The van der Waals surface area contributed by atoms with E-state index in [2.05, 4.69) is 25.7 Å². The number of likely N-dealkylation sites (tertiary alicyclic amines) is 1. The Morgan fingerprint density at radius 2 is 2.17 bits per heavy atom. The van der Waals surface area contributed by atoms with E-state index in [-0.39, 0.29) is 0 Å². The highest BCUT2D eigenvalue weighted by molar-refractivity contribution is 4.78. The molecule has 1 aliphatic rings. The van der Waals surface area contributed by atoms with Crippen molar-refractivity contribution in [1.82, 2.24) is 4.90 Å². The normalized spacial score (nSPS) is 25.5. The van der Waals surface area contributed by atoms with Crippen LogP contribution in [0.4, 0.5) is 0 Å². The standard InChI is InChI=1S/C11H23N/c1-4-12-9-5-6-11(12)8-7-10(2)3/h10-11H,4-9H2,1-3H3. The van der Waals surface area contributed by atoms with Crippen molar-refractivity contribution >= 4 is 0 Å². The highest BCUT2D eigenvalue weighted by atomic mass is 15.2. The van der Waals surface area contributed by atoms with E-state index in [0.29, 0.717) is 0 Å². The lowest BCUT2D eigenvalue weighted by atomic mass is 10.0. The van der Waals surface area contributed by atoms with Gasteiger partial charge in [-0.2, -0.15) is 0 Å². The van der Waals surface area contributed by atoms with Crippen LogP contribution in [-0.2, 0) is 0 Å². The number of hydrogen-bond donors (Lipinski definition) is 0. The summed E-state index contributed by atoms with van der Waals surface area (Å²) in [5.74, 6) is 0.879. The molecule has 1 nitrogen and oxygen atoms in total. The van der Waals surface area contributed by atoms with Gasteiger partial charge in [-0.05, 0) is 44.7 Å². The van der Waals surface area contributed by atoms with Crippen LogP contribution in [0.2, 0.25) is 0 Å². The van der Waals surface area contributed by atoms with E-state index in [1.807, 2.05) is 0 Å². The zero-order valence-electron chi connectivity index (χ0n) is 8.84. The van der Waals surface area contributed by atoms with E-state index < -0.39 is 0 Å². The fraction of sp³-hybridized carbons (Fsp3) is 1.00. The van der Waals surface area contributed by atoms with Crippen LogP contribution in [0.15, 0.2) is 0 Å². The molecule has 0 N–H and O–H groups in total. The molecule has 1 atom stereocenters. The summed E-state index contributed by atoms with van der Waals surface area (Å²) < 4.78 is 0. The van der Waals surface area contributed by atoms with Gasteiger partial charge < -0.3 is 4.90 Å². The molecule has 0 saturated carbocycles. The van der Waals surface area contributed by atoms with Crippen molar-refractivity contribution in [2.24, 2.45) is 5.92 Å². The second-order valence-corrected chi connectivity index (χ2v) is 4.40. The summed E-state index contributed by atoms with van der Waals surface area (Å²) in [6.45, 7) is 9.53. The lowest BCUT2D eigenvalue weighted by Crippen LogP contribution is -2.29. The van der Waals surface area contributed by atoms with Crippen LogP contribution in [0.1, 0.15) is 46.5 Å². The van der Waals surface area contributed by atoms with Crippen LogP contribution in [-0.4, -0.2) is 24.0 Å². The Kier molecular flexibility index (Phi) is 4.07. The van der Waals surface area contributed by atoms with Gasteiger partial charge in [0, 0.05) is 6.04 Å².